The molecule has 0 aliphatic carbocycles. The van der Waals surface area contributed by atoms with E-state index in [9.17, 15) is 14.7 Å². The number of unbranched alkanes of at least 4 members (excludes halogenated alkanes) is 1. The largest absolute Gasteiger partial charge is 0.496 e. The first kappa shape index (κ1) is 31.8. The number of carbonyl (C=O) groups excluding carboxylic acids is 1. The molecule has 1 saturated heterocycles. The van der Waals surface area contributed by atoms with Crippen LogP contribution in [0.5, 0.6) is 11.5 Å². The van der Waals surface area contributed by atoms with Crippen LogP contribution in [0.4, 0.5) is 0 Å². The summed E-state index contributed by atoms with van der Waals surface area (Å²) in [6.45, 7) is 6.04. The molecule has 4 rings (SSSR count). The van der Waals surface area contributed by atoms with E-state index in [-0.39, 0.29) is 24.4 Å². The van der Waals surface area contributed by atoms with Crippen molar-refractivity contribution in [3.63, 3.8) is 0 Å². The average molecular weight is 581 g/mol. The average Bonchev–Trinajstić information content (AvgIpc) is 3.57. The highest BCUT2D eigenvalue weighted by atomic mass is 16.5. The van der Waals surface area contributed by atoms with Crippen LogP contribution in [0.1, 0.15) is 55.2 Å². The van der Waals surface area contributed by atoms with Gasteiger partial charge in [0.1, 0.15) is 11.5 Å². The summed E-state index contributed by atoms with van der Waals surface area (Å²) < 4.78 is 12.2. The number of carboxylic acid groups (broad SMARTS) is 1. The topological polar surface area (TPSA) is 79.3 Å². The molecule has 1 unspecified atom stereocenters. The third-order valence-electron chi connectivity index (χ3n) is 8.81. The summed E-state index contributed by atoms with van der Waals surface area (Å²) in [5, 5.41) is 10.6. The van der Waals surface area contributed by atoms with Gasteiger partial charge in [-0.15, -0.1) is 0 Å². The Balaban J connectivity index is 1.59. The zero-order chi connectivity index (χ0) is 30.3. The highest BCUT2D eigenvalue weighted by molar-refractivity contribution is 5.79. The smallest absolute Gasteiger partial charge is 0.308 e. The molecule has 2 aliphatic heterocycles. The minimum absolute atomic E-state index is 0.0966. The molecule has 3 atom stereocenters. The Hall–Kier alpha value is -3.10. The summed E-state index contributed by atoms with van der Waals surface area (Å²) in [7, 11) is 8.18. The Morgan fingerprint density at radius 2 is 1.88 bits per heavy atom. The van der Waals surface area contributed by atoms with Gasteiger partial charge in [-0.2, -0.15) is 0 Å². The number of likely N-dealkylation sites (tertiary alicyclic amines) is 1. The van der Waals surface area contributed by atoms with Crippen LogP contribution in [0.3, 0.4) is 0 Å². The second-order valence-electron chi connectivity index (χ2n) is 12.9. The molecule has 2 aromatic carbocycles. The first-order chi connectivity index (χ1) is 20.1. The molecular weight excluding hydrogens is 530 g/mol. The number of hydrogen-bond acceptors (Lipinski definition) is 5. The fourth-order valence-electron chi connectivity index (χ4n) is 6.56. The van der Waals surface area contributed by atoms with Gasteiger partial charge in [0, 0.05) is 44.4 Å². The number of hydrogen-bond donors (Lipinski definition) is 1. The maximum Gasteiger partial charge on any atom is 0.308 e. The molecule has 42 heavy (non-hydrogen) atoms. The van der Waals surface area contributed by atoms with Crippen LogP contribution < -0.4 is 9.47 Å². The Morgan fingerprint density at radius 1 is 1.12 bits per heavy atom. The molecule has 0 spiro atoms. The SMILES string of the molecule is CCCCN(CCC[N+](C)(C)C)C(=O)CN1C[C@H](c2ccc3c(c2)CCO3)C(C(=O)O)[C@@H]1CCc1ccccc1OC. The number of amides is 1. The van der Waals surface area contributed by atoms with E-state index in [4.69, 9.17) is 9.47 Å². The van der Waals surface area contributed by atoms with E-state index in [1.54, 1.807) is 7.11 Å². The third-order valence-corrected chi connectivity index (χ3v) is 8.81. The summed E-state index contributed by atoms with van der Waals surface area (Å²) in [4.78, 5) is 30.9. The van der Waals surface area contributed by atoms with Crippen LogP contribution in [-0.2, 0) is 22.4 Å². The zero-order valence-electron chi connectivity index (χ0n) is 26.2. The second kappa shape index (κ2) is 14.4. The molecule has 1 amide bonds. The van der Waals surface area contributed by atoms with Crippen molar-refractivity contribution in [3.8, 4) is 11.5 Å². The van der Waals surface area contributed by atoms with Gasteiger partial charge in [0.05, 0.1) is 53.9 Å². The van der Waals surface area contributed by atoms with Crippen LogP contribution >= 0.6 is 0 Å². The Bertz CT molecular complexity index is 1210. The first-order valence-electron chi connectivity index (χ1n) is 15.5. The number of carboxylic acids is 1. The summed E-state index contributed by atoms with van der Waals surface area (Å²) >= 11 is 0. The Kier molecular flexibility index (Phi) is 10.9. The number of aryl methyl sites for hydroxylation is 1. The number of nitrogens with zero attached hydrogens (tertiary/aromatic N) is 3. The molecular formula is C34H50N3O5+. The Morgan fingerprint density at radius 3 is 2.60 bits per heavy atom. The molecule has 2 aliphatic rings. The predicted molar refractivity (Wildman–Crippen MR) is 165 cm³/mol. The van der Waals surface area contributed by atoms with E-state index in [0.29, 0.717) is 26.0 Å². The molecule has 0 aromatic heterocycles. The van der Waals surface area contributed by atoms with Crippen molar-refractivity contribution in [1.82, 2.24) is 9.80 Å². The monoisotopic (exact) mass is 580 g/mol. The van der Waals surface area contributed by atoms with E-state index in [1.165, 1.54) is 0 Å². The zero-order valence-corrected chi connectivity index (χ0v) is 26.2. The fraction of sp³-hybridized carbons (Fsp3) is 0.588. The van der Waals surface area contributed by atoms with Gasteiger partial charge >= 0.3 is 5.97 Å². The number of quaternary nitrogens is 1. The maximum absolute atomic E-state index is 13.8. The maximum atomic E-state index is 13.8. The lowest BCUT2D eigenvalue weighted by Crippen LogP contribution is -2.45. The lowest BCUT2D eigenvalue weighted by atomic mass is 9.83. The van der Waals surface area contributed by atoms with Gasteiger partial charge in [-0.1, -0.05) is 43.7 Å². The highest BCUT2D eigenvalue weighted by Gasteiger charge is 2.47. The molecule has 2 aromatic rings. The highest BCUT2D eigenvalue weighted by Crippen LogP contribution is 2.41. The number of benzene rings is 2. The fourth-order valence-corrected chi connectivity index (χ4v) is 6.56. The standard InChI is InChI=1S/C34H49N3O5/c1-6-7-18-35(19-10-20-37(2,3)4)32(38)24-36-23-28(26-14-16-31-27(22-26)17-21-42-31)33(34(39)40)29(36)15-13-25-11-8-9-12-30(25)41-5/h8-9,11-12,14,16,22,28-29,33H,6-7,10,13,15,17-21,23-24H2,1-5H3/p+1/t28-,29+,33?/m1/s1. The quantitative estimate of drug-likeness (QED) is 0.314. The molecule has 0 saturated carbocycles. The number of ether oxygens (including phenoxy) is 2. The van der Waals surface area contributed by atoms with E-state index in [1.807, 2.05) is 41.3 Å². The lowest BCUT2D eigenvalue weighted by molar-refractivity contribution is -0.870. The molecule has 2 heterocycles. The summed E-state index contributed by atoms with van der Waals surface area (Å²) in [6.07, 6.45) is 5.07. The van der Waals surface area contributed by atoms with Crippen molar-refractivity contribution in [1.29, 1.82) is 0 Å². The summed E-state index contributed by atoms with van der Waals surface area (Å²) in [5.41, 5.74) is 3.22. The third kappa shape index (κ3) is 8.04. The molecule has 1 N–H and O–H groups in total. The van der Waals surface area contributed by atoms with E-state index in [0.717, 1.165) is 78.0 Å². The molecule has 1 fully saturated rings. The van der Waals surface area contributed by atoms with E-state index < -0.39 is 11.9 Å². The first-order valence-corrected chi connectivity index (χ1v) is 15.5. The summed E-state index contributed by atoms with van der Waals surface area (Å²) in [5.74, 6) is 0.176. The van der Waals surface area contributed by atoms with Crippen LogP contribution in [0.15, 0.2) is 42.5 Å². The van der Waals surface area contributed by atoms with Crippen molar-refractivity contribution in [2.45, 2.75) is 57.4 Å². The summed E-state index contributed by atoms with van der Waals surface area (Å²) in [6, 6.07) is 13.8. The number of fused-ring (bicyclic) bond motifs is 1. The van der Waals surface area contributed by atoms with Gasteiger partial charge in [0.15, 0.2) is 0 Å². The van der Waals surface area contributed by atoms with Crippen molar-refractivity contribution in [2.24, 2.45) is 5.92 Å². The number of aliphatic carboxylic acids is 1. The van der Waals surface area contributed by atoms with Crippen LogP contribution in [0, 0.1) is 5.92 Å². The molecule has 8 heteroatoms. The Labute approximate surface area is 251 Å². The number of methoxy groups -OCH3 is 1. The van der Waals surface area contributed by atoms with Crippen molar-refractivity contribution >= 4 is 11.9 Å². The van der Waals surface area contributed by atoms with Gasteiger partial charge in [0.2, 0.25) is 5.91 Å². The second-order valence-corrected chi connectivity index (χ2v) is 12.9. The van der Waals surface area contributed by atoms with Gasteiger partial charge in [0.25, 0.3) is 0 Å². The lowest BCUT2D eigenvalue weighted by Gasteiger charge is -2.31. The minimum atomic E-state index is -0.803. The van der Waals surface area contributed by atoms with Crippen LogP contribution in [0.2, 0.25) is 0 Å². The van der Waals surface area contributed by atoms with Crippen LogP contribution in [-0.4, -0.2) is 105 Å². The van der Waals surface area contributed by atoms with E-state index >= 15 is 0 Å². The van der Waals surface area contributed by atoms with E-state index in [2.05, 4.69) is 39.0 Å². The van der Waals surface area contributed by atoms with Crippen molar-refractivity contribution < 1.29 is 28.7 Å². The normalized spacial score (nSPS) is 20.3. The number of para-hydroxylation sites is 1. The predicted octanol–water partition coefficient (Wildman–Crippen LogP) is 4.46. The molecule has 0 radical (unpaired) electrons. The minimum Gasteiger partial charge on any atom is -0.496 e. The molecule has 0 bridgehead atoms. The van der Waals surface area contributed by atoms with Gasteiger partial charge in [-0.25, -0.2) is 0 Å². The molecule has 8 nitrogen and oxygen atoms in total. The molecule has 230 valence electrons. The number of carbonyl (C=O) groups is 2. The number of rotatable bonds is 15. The van der Waals surface area contributed by atoms with Crippen molar-refractivity contribution in [2.75, 3.05) is 67.6 Å². The van der Waals surface area contributed by atoms with Gasteiger partial charge < -0.3 is 24.0 Å². The van der Waals surface area contributed by atoms with Gasteiger partial charge in [-0.3, -0.25) is 14.5 Å². The van der Waals surface area contributed by atoms with Crippen LogP contribution in [0.25, 0.3) is 0 Å². The van der Waals surface area contributed by atoms with Gasteiger partial charge in [-0.05, 0) is 48.1 Å². The van der Waals surface area contributed by atoms with Crippen molar-refractivity contribution in [3.05, 3.63) is 59.2 Å².